The molecule has 0 fully saturated rings. The smallest absolute Gasteiger partial charge is 0.248 e. The number of carbonyl (C=O) groups excluding carboxylic acids is 1. The van der Waals surface area contributed by atoms with Gasteiger partial charge in [-0.1, -0.05) is 0 Å². The van der Waals surface area contributed by atoms with E-state index in [1.165, 1.54) is 11.8 Å². The Balaban J connectivity index is 2.09. The maximum absolute atomic E-state index is 11.1. The number of nitrogens with two attached hydrogens (primary N) is 1. The molecule has 0 aliphatic carbocycles. The number of nitrogens with zero attached hydrogens (tertiary/aromatic N) is 4. The molecule has 3 aromatic rings. The molecule has 23 heavy (non-hydrogen) atoms. The van der Waals surface area contributed by atoms with Crippen LogP contribution < -0.4 is 11.1 Å². The summed E-state index contributed by atoms with van der Waals surface area (Å²) < 4.78 is 1.57. The number of hydrogen-bond acceptors (Lipinski definition) is 6. The van der Waals surface area contributed by atoms with E-state index in [1.807, 2.05) is 6.26 Å². The van der Waals surface area contributed by atoms with E-state index < -0.39 is 5.91 Å². The van der Waals surface area contributed by atoms with Crippen molar-refractivity contribution >= 4 is 34.8 Å². The number of fused-ring (bicyclic) bond motifs is 1. The summed E-state index contributed by atoms with van der Waals surface area (Å²) in [5.41, 5.74) is 7.41. The number of nitriles is 1. The molecule has 0 aliphatic heterocycles. The lowest BCUT2D eigenvalue weighted by atomic mass is 10.2. The van der Waals surface area contributed by atoms with Crippen molar-refractivity contribution in [3.05, 3.63) is 47.7 Å². The van der Waals surface area contributed by atoms with E-state index in [0.29, 0.717) is 33.3 Å². The molecule has 1 amide bonds. The fourth-order valence-electron chi connectivity index (χ4n) is 2.14. The zero-order valence-corrected chi connectivity index (χ0v) is 13.0. The summed E-state index contributed by atoms with van der Waals surface area (Å²) in [6.07, 6.45) is 3.48. The molecule has 2 heterocycles. The summed E-state index contributed by atoms with van der Waals surface area (Å²) in [7, 11) is 0. The molecule has 7 nitrogen and oxygen atoms in total. The third-order valence-electron chi connectivity index (χ3n) is 3.24. The Labute approximate surface area is 136 Å². The summed E-state index contributed by atoms with van der Waals surface area (Å²) in [6, 6.07) is 10.6. The van der Waals surface area contributed by atoms with Gasteiger partial charge < -0.3 is 11.1 Å². The summed E-state index contributed by atoms with van der Waals surface area (Å²) in [5, 5.41) is 17.5. The molecule has 0 atom stereocenters. The van der Waals surface area contributed by atoms with Crippen molar-refractivity contribution in [3.8, 4) is 6.07 Å². The molecule has 0 unspecified atom stereocenters. The predicted octanol–water partition coefficient (Wildman–Crippen LogP) is 2.17. The second-order valence-electron chi connectivity index (χ2n) is 4.62. The Hall–Kier alpha value is -3.05. The molecule has 114 valence electrons. The highest BCUT2D eigenvalue weighted by Gasteiger charge is 2.15. The van der Waals surface area contributed by atoms with Gasteiger partial charge in [-0.25, -0.2) is 4.98 Å². The standard InChI is InChI=1S/C15H12N6OS/c1-23-15-11(8-16)14(21-12(20-15)6-7-18-21)19-10-4-2-9(3-5-10)13(17)22/h2-7,19H,1H3,(H2,17,22). The third kappa shape index (κ3) is 2.69. The van der Waals surface area contributed by atoms with Crippen LogP contribution >= 0.6 is 11.8 Å². The van der Waals surface area contributed by atoms with E-state index in [-0.39, 0.29) is 0 Å². The topological polar surface area (TPSA) is 109 Å². The molecular weight excluding hydrogens is 312 g/mol. The van der Waals surface area contributed by atoms with Crippen molar-refractivity contribution in [1.29, 1.82) is 5.26 Å². The number of benzene rings is 1. The number of hydrogen-bond donors (Lipinski definition) is 2. The molecular formula is C15H12N6OS. The van der Waals surface area contributed by atoms with Crippen molar-refractivity contribution in [2.75, 3.05) is 11.6 Å². The van der Waals surface area contributed by atoms with Gasteiger partial charge in [0.15, 0.2) is 11.5 Å². The van der Waals surface area contributed by atoms with Crippen LogP contribution in [0.4, 0.5) is 11.5 Å². The van der Waals surface area contributed by atoms with Crippen molar-refractivity contribution in [2.45, 2.75) is 5.03 Å². The first-order chi connectivity index (χ1) is 11.1. The molecule has 1 aromatic carbocycles. The quantitative estimate of drug-likeness (QED) is 0.562. The first kappa shape index (κ1) is 14.9. The van der Waals surface area contributed by atoms with Gasteiger partial charge in [0.05, 0.1) is 6.20 Å². The molecule has 8 heteroatoms. The van der Waals surface area contributed by atoms with Crippen molar-refractivity contribution in [1.82, 2.24) is 14.6 Å². The molecule has 0 radical (unpaired) electrons. The van der Waals surface area contributed by atoms with Gasteiger partial charge in [-0.3, -0.25) is 4.79 Å². The first-order valence-corrected chi connectivity index (χ1v) is 7.85. The zero-order chi connectivity index (χ0) is 16.4. The normalized spacial score (nSPS) is 10.4. The highest BCUT2D eigenvalue weighted by Crippen LogP contribution is 2.28. The van der Waals surface area contributed by atoms with Crippen LogP contribution in [0.3, 0.4) is 0 Å². The summed E-state index contributed by atoms with van der Waals surface area (Å²) >= 11 is 1.39. The molecule has 0 spiro atoms. The number of primary amides is 1. The number of amides is 1. The van der Waals surface area contributed by atoms with Gasteiger partial charge in [-0.05, 0) is 30.5 Å². The van der Waals surface area contributed by atoms with Crippen molar-refractivity contribution in [3.63, 3.8) is 0 Å². The Morgan fingerprint density at radius 1 is 1.35 bits per heavy atom. The predicted molar refractivity (Wildman–Crippen MR) is 87.7 cm³/mol. The average molecular weight is 324 g/mol. The third-order valence-corrected chi connectivity index (χ3v) is 3.92. The summed E-state index contributed by atoms with van der Waals surface area (Å²) in [5.74, 6) is 0.0379. The second-order valence-corrected chi connectivity index (χ2v) is 5.42. The van der Waals surface area contributed by atoms with E-state index >= 15 is 0 Å². The van der Waals surface area contributed by atoms with Crippen LogP contribution in [0, 0.1) is 11.3 Å². The number of rotatable bonds is 4. The minimum absolute atomic E-state index is 0.410. The van der Waals surface area contributed by atoms with Crippen LogP contribution in [0.5, 0.6) is 0 Å². The highest BCUT2D eigenvalue weighted by atomic mass is 32.2. The molecule has 0 saturated heterocycles. The van der Waals surface area contributed by atoms with E-state index in [4.69, 9.17) is 5.73 Å². The van der Waals surface area contributed by atoms with Crippen molar-refractivity contribution < 1.29 is 4.79 Å². The van der Waals surface area contributed by atoms with Gasteiger partial charge in [0.25, 0.3) is 0 Å². The van der Waals surface area contributed by atoms with Gasteiger partial charge in [0.2, 0.25) is 5.91 Å². The fourth-order valence-corrected chi connectivity index (χ4v) is 2.67. The van der Waals surface area contributed by atoms with E-state index in [1.54, 1.807) is 41.0 Å². The lowest BCUT2D eigenvalue weighted by Gasteiger charge is -2.12. The molecule has 0 bridgehead atoms. The van der Waals surface area contributed by atoms with Crippen LogP contribution in [-0.4, -0.2) is 26.8 Å². The number of nitrogens with one attached hydrogen (secondary N) is 1. The largest absolute Gasteiger partial charge is 0.366 e. The first-order valence-electron chi connectivity index (χ1n) is 6.62. The lowest BCUT2D eigenvalue weighted by Crippen LogP contribution is -2.10. The van der Waals surface area contributed by atoms with Gasteiger partial charge in [-0.15, -0.1) is 11.8 Å². The maximum Gasteiger partial charge on any atom is 0.248 e. The SMILES string of the molecule is CSc1nc2ccnn2c(Nc2ccc(C(N)=O)cc2)c1C#N. The molecule has 3 rings (SSSR count). The van der Waals surface area contributed by atoms with Crippen LogP contribution in [-0.2, 0) is 0 Å². The van der Waals surface area contributed by atoms with E-state index in [2.05, 4.69) is 21.5 Å². The van der Waals surface area contributed by atoms with Crippen LogP contribution in [0.2, 0.25) is 0 Å². The van der Waals surface area contributed by atoms with Gasteiger partial charge in [0, 0.05) is 17.3 Å². The van der Waals surface area contributed by atoms with Crippen molar-refractivity contribution in [2.24, 2.45) is 5.73 Å². The van der Waals surface area contributed by atoms with Crippen LogP contribution in [0.25, 0.3) is 5.65 Å². The zero-order valence-electron chi connectivity index (χ0n) is 12.1. The number of carbonyl (C=O) groups is 1. The maximum atomic E-state index is 11.1. The molecule has 2 aromatic heterocycles. The van der Waals surface area contributed by atoms with Gasteiger partial charge in [-0.2, -0.15) is 14.9 Å². The molecule has 0 aliphatic rings. The monoisotopic (exact) mass is 324 g/mol. The number of aromatic nitrogens is 3. The van der Waals surface area contributed by atoms with E-state index in [0.717, 1.165) is 0 Å². The van der Waals surface area contributed by atoms with E-state index in [9.17, 15) is 10.1 Å². The Morgan fingerprint density at radius 3 is 2.70 bits per heavy atom. The summed E-state index contributed by atoms with van der Waals surface area (Å²) in [6.45, 7) is 0. The van der Waals surface area contributed by atoms with Crippen LogP contribution in [0.1, 0.15) is 15.9 Å². The van der Waals surface area contributed by atoms with Crippen LogP contribution in [0.15, 0.2) is 41.6 Å². The number of thioether (sulfide) groups is 1. The number of anilines is 2. The minimum atomic E-state index is -0.489. The Bertz CT molecular complexity index is 926. The Kier molecular flexibility index (Phi) is 3.87. The lowest BCUT2D eigenvalue weighted by molar-refractivity contribution is 0.100. The Morgan fingerprint density at radius 2 is 2.09 bits per heavy atom. The molecule has 3 N–H and O–H groups in total. The minimum Gasteiger partial charge on any atom is -0.366 e. The highest BCUT2D eigenvalue weighted by molar-refractivity contribution is 7.98. The second kappa shape index (κ2) is 5.98. The fraction of sp³-hybridized carbons (Fsp3) is 0.0667. The van der Waals surface area contributed by atoms with Gasteiger partial charge in [0.1, 0.15) is 16.7 Å². The average Bonchev–Trinajstić information content (AvgIpc) is 3.03. The molecule has 0 saturated carbocycles. The van der Waals surface area contributed by atoms with Gasteiger partial charge >= 0.3 is 0 Å². The summed E-state index contributed by atoms with van der Waals surface area (Å²) in [4.78, 5) is 15.5.